The third-order valence-electron chi connectivity index (χ3n) is 1.85. The molecule has 14 heavy (non-hydrogen) atoms. The van der Waals surface area contributed by atoms with Crippen LogP contribution in [0.1, 0.15) is 6.42 Å². The first-order chi connectivity index (χ1) is 6.58. The summed E-state index contributed by atoms with van der Waals surface area (Å²) >= 11 is 0. The molecule has 1 N–H and O–H groups in total. The highest BCUT2D eigenvalue weighted by atomic mass is 19.4. The average molecular weight is 213 g/mol. The van der Waals surface area contributed by atoms with Crippen LogP contribution in [0.3, 0.4) is 0 Å². The highest BCUT2D eigenvalue weighted by Crippen LogP contribution is 2.12. The highest BCUT2D eigenvalue weighted by molar-refractivity contribution is 4.63. The Morgan fingerprint density at radius 3 is 2.79 bits per heavy atom. The van der Waals surface area contributed by atoms with E-state index in [9.17, 15) is 13.2 Å². The second-order valence-corrected chi connectivity index (χ2v) is 3.15. The second-order valence-electron chi connectivity index (χ2n) is 3.15. The first kappa shape index (κ1) is 11.7. The first-order valence-electron chi connectivity index (χ1n) is 4.55. The van der Waals surface area contributed by atoms with Gasteiger partial charge in [0.05, 0.1) is 25.9 Å². The van der Waals surface area contributed by atoms with Crippen molar-refractivity contribution in [2.75, 3.05) is 32.9 Å². The van der Waals surface area contributed by atoms with E-state index in [1.165, 1.54) is 0 Å². The zero-order chi connectivity index (χ0) is 10.4. The van der Waals surface area contributed by atoms with E-state index in [2.05, 4.69) is 5.32 Å². The number of nitrogens with one attached hydrogen (secondary N) is 1. The van der Waals surface area contributed by atoms with Gasteiger partial charge in [0, 0.05) is 13.2 Å². The Labute approximate surface area is 80.6 Å². The molecule has 0 radical (unpaired) electrons. The molecule has 1 aliphatic heterocycles. The van der Waals surface area contributed by atoms with E-state index in [1.54, 1.807) is 0 Å². The van der Waals surface area contributed by atoms with Crippen LogP contribution in [0.25, 0.3) is 0 Å². The summed E-state index contributed by atoms with van der Waals surface area (Å²) in [5.74, 6) is 0. The van der Waals surface area contributed by atoms with Crippen molar-refractivity contribution < 1.29 is 22.6 Å². The first-order valence-corrected chi connectivity index (χ1v) is 4.55. The molecule has 1 aliphatic rings. The number of alkyl halides is 3. The molecule has 0 amide bonds. The van der Waals surface area contributed by atoms with Gasteiger partial charge in [-0.25, -0.2) is 0 Å². The zero-order valence-electron chi connectivity index (χ0n) is 7.77. The van der Waals surface area contributed by atoms with Crippen molar-refractivity contribution >= 4 is 0 Å². The number of rotatable bonds is 5. The Bertz CT molecular complexity index is 157. The van der Waals surface area contributed by atoms with E-state index in [4.69, 9.17) is 9.47 Å². The molecule has 1 unspecified atom stereocenters. The van der Waals surface area contributed by atoms with Crippen molar-refractivity contribution in [2.24, 2.45) is 0 Å². The maximum atomic E-state index is 11.7. The molecule has 1 heterocycles. The molecule has 0 bridgehead atoms. The lowest BCUT2D eigenvalue weighted by Crippen LogP contribution is -2.32. The predicted octanol–water partition coefficient (Wildman–Crippen LogP) is 0.944. The van der Waals surface area contributed by atoms with Gasteiger partial charge >= 0.3 is 6.18 Å². The van der Waals surface area contributed by atoms with Gasteiger partial charge in [-0.2, -0.15) is 13.2 Å². The molecule has 0 spiro atoms. The minimum atomic E-state index is -4.14. The molecule has 1 rings (SSSR count). The van der Waals surface area contributed by atoms with Crippen LogP contribution in [0.5, 0.6) is 0 Å². The zero-order valence-corrected chi connectivity index (χ0v) is 7.77. The molecule has 0 aromatic rings. The van der Waals surface area contributed by atoms with Crippen molar-refractivity contribution in [1.29, 1.82) is 0 Å². The molecule has 0 saturated carbocycles. The number of hydrogen-bond donors (Lipinski definition) is 1. The summed E-state index contributed by atoms with van der Waals surface area (Å²) in [6.45, 7) is 0.789. The van der Waals surface area contributed by atoms with Crippen LogP contribution < -0.4 is 5.32 Å². The van der Waals surface area contributed by atoms with Gasteiger partial charge in [0.1, 0.15) is 0 Å². The Hall–Kier alpha value is -0.330. The van der Waals surface area contributed by atoms with Crippen molar-refractivity contribution in [1.82, 2.24) is 5.32 Å². The van der Waals surface area contributed by atoms with E-state index in [1.807, 2.05) is 0 Å². The van der Waals surface area contributed by atoms with Gasteiger partial charge in [-0.15, -0.1) is 0 Å². The predicted molar refractivity (Wildman–Crippen MR) is 44.1 cm³/mol. The average Bonchev–Trinajstić information content (AvgIpc) is 2.54. The normalized spacial score (nSPS) is 22.9. The molecule has 3 nitrogen and oxygen atoms in total. The molecule has 1 atom stereocenters. The van der Waals surface area contributed by atoms with Crippen molar-refractivity contribution in [2.45, 2.75) is 18.7 Å². The van der Waals surface area contributed by atoms with E-state index >= 15 is 0 Å². The summed E-state index contributed by atoms with van der Waals surface area (Å²) in [7, 11) is 0. The molecular formula is C8H14F3NO2. The SMILES string of the molecule is FC(F)(F)CNCCOC1CCOC1. The second kappa shape index (κ2) is 5.53. The van der Waals surface area contributed by atoms with Crippen LogP contribution in [0.2, 0.25) is 0 Å². The molecule has 1 fully saturated rings. The largest absolute Gasteiger partial charge is 0.401 e. The standard InChI is InChI=1S/C8H14F3NO2/c9-8(10,11)6-12-2-4-14-7-1-3-13-5-7/h7,12H,1-6H2. The third-order valence-corrected chi connectivity index (χ3v) is 1.85. The Morgan fingerprint density at radius 1 is 1.43 bits per heavy atom. The van der Waals surface area contributed by atoms with Crippen LogP contribution >= 0.6 is 0 Å². The molecule has 84 valence electrons. The van der Waals surface area contributed by atoms with Crippen molar-refractivity contribution in [3.8, 4) is 0 Å². The minimum absolute atomic E-state index is 0.0580. The summed E-state index contributed by atoms with van der Waals surface area (Å²) in [6, 6.07) is 0. The van der Waals surface area contributed by atoms with Gasteiger partial charge in [-0.3, -0.25) is 0 Å². The Morgan fingerprint density at radius 2 is 2.21 bits per heavy atom. The van der Waals surface area contributed by atoms with Gasteiger partial charge in [-0.1, -0.05) is 0 Å². The smallest absolute Gasteiger partial charge is 0.379 e. The van der Waals surface area contributed by atoms with Gasteiger partial charge < -0.3 is 14.8 Å². The lowest BCUT2D eigenvalue weighted by molar-refractivity contribution is -0.125. The molecular weight excluding hydrogens is 199 g/mol. The summed E-state index contributed by atoms with van der Waals surface area (Å²) < 4.78 is 45.3. The van der Waals surface area contributed by atoms with Crippen LogP contribution in [0.4, 0.5) is 13.2 Å². The molecule has 0 aromatic heterocycles. The summed E-state index contributed by atoms with van der Waals surface area (Å²) in [4.78, 5) is 0. The maximum absolute atomic E-state index is 11.7. The molecule has 6 heteroatoms. The highest BCUT2D eigenvalue weighted by Gasteiger charge is 2.26. The fraction of sp³-hybridized carbons (Fsp3) is 1.00. The van der Waals surface area contributed by atoms with Gasteiger partial charge in [0.25, 0.3) is 0 Å². The summed E-state index contributed by atoms with van der Waals surface area (Å²) in [6.07, 6.45) is -3.25. The molecule has 0 aliphatic carbocycles. The lowest BCUT2D eigenvalue weighted by Gasteiger charge is -2.11. The third kappa shape index (κ3) is 5.41. The van der Waals surface area contributed by atoms with E-state index in [-0.39, 0.29) is 12.6 Å². The molecule has 1 saturated heterocycles. The van der Waals surface area contributed by atoms with Gasteiger partial charge in [-0.05, 0) is 6.42 Å². The lowest BCUT2D eigenvalue weighted by atomic mass is 10.3. The fourth-order valence-corrected chi connectivity index (χ4v) is 1.17. The van der Waals surface area contributed by atoms with Gasteiger partial charge in [0.15, 0.2) is 0 Å². The number of halogens is 3. The monoisotopic (exact) mass is 213 g/mol. The number of hydrogen-bond acceptors (Lipinski definition) is 3. The quantitative estimate of drug-likeness (QED) is 0.689. The number of ether oxygens (including phenoxy) is 2. The van der Waals surface area contributed by atoms with E-state index < -0.39 is 12.7 Å². The van der Waals surface area contributed by atoms with Crippen LogP contribution in [-0.2, 0) is 9.47 Å². The maximum Gasteiger partial charge on any atom is 0.401 e. The Kier molecular flexibility index (Phi) is 4.64. The van der Waals surface area contributed by atoms with E-state index in [0.717, 1.165) is 6.42 Å². The van der Waals surface area contributed by atoms with Crippen molar-refractivity contribution in [3.63, 3.8) is 0 Å². The summed E-state index contributed by atoms with van der Waals surface area (Å²) in [5, 5.41) is 2.26. The van der Waals surface area contributed by atoms with Crippen molar-refractivity contribution in [3.05, 3.63) is 0 Å². The fourth-order valence-electron chi connectivity index (χ4n) is 1.17. The van der Waals surface area contributed by atoms with E-state index in [0.29, 0.717) is 19.8 Å². The Balaban J connectivity index is 1.89. The van der Waals surface area contributed by atoms with Crippen LogP contribution in [0.15, 0.2) is 0 Å². The minimum Gasteiger partial charge on any atom is -0.379 e. The van der Waals surface area contributed by atoms with Crippen LogP contribution in [-0.4, -0.2) is 45.2 Å². The topological polar surface area (TPSA) is 30.5 Å². The van der Waals surface area contributed by atoms with Gasteiger partial charge in [0.2, 0.25) is 0 Å². The summed E-state index contributed by atoms with van der Waals surface area (Å²) in [5.41, 5.74) is 0. The molecule has 0 aromatic carbocycles. The van der Waals surface area contributed by atoms with Crippen LogP contribution in [0, 0.1) is 0 Å².